The molecule has 9 heteroatoms. The maximum absolute atomic E-state index is 13.0. The summed E-state index contributed by atoms with van der Waals surface area (Å²) in [5.41, 5.74) is 13.1. The molecule has 0 atom stereocenters. The summed E-state index contributed by atoms with van der Waals surface area (Å²) in [6, 6.07) is 23.1. The summed E-state index contributed by atoms with van der Waals surface area (Å²) in [4.78, 5) is 38.6. The van der Waals surface area contributed by atoms with Gasteiger partial charge in [-0.1, -0.05) is 12.1 Å². The van der Waals surface area contributed by atoms with Crippen molar-refractivity contribution < 1.29 is 28.2 Å². The maximum Gasteiger partial charge on any atom is 0.343 e. The monoisotopic (exact) mass is 522 g/mol. The number of esters is 2. The fourth-order valence-corrected chi connectivity index (χ4v) is 3.91. The van der Waals surface area contributed by atoms with Crippen LogP contribution in [0.5, 0.6) is 17.2 Å². The molecule has 9 nitrogen and oxygen atoms in total. The average molecular weight is 523 g/mol. The third-order valence-electron chi connectivity index (χ3n) is 5.81. The third-order valence-corrected chi connectivity index (χ3v) is 5.81. The molecule has 0 saturated heterocycles. The van der Waals surface area contributed by atoms with E-state index in [-0.39, 0.29) is 39.4 Å². The lowest BCUT2D eigenvalue weighted by atomic mass is 10.1. The van der Waals surface area contributed by atoms with Crippen molar-refractivity contribution in [2.45, 2.75) is 0 Å². The number of hydrogen-bond acceptors (Lipinski definition) is 9. The van der Waals surface area contributed by atoms with Gasteiger partial charge in [0.25, 0.3) is 0 Å². The summed E-state index contributed by atoms with van der Waals surface area (Å²) >= 11 is 0. The number of nitrogen functional groups attached to an aromatic ring is 2. The van der Waals surface area contributed by atoms with Crippen molar-refractivity contribution in [2.24, 2.45) is 0 Å². The first kappa shape index (κ1) is 25.1. The summed E-state index contributed by atoms with van der Waals surface area (Å²) in [6.45, 7) is 0. The van der Waals surface area contributed by atoms with E-state index in [1.165, 1.54) is 43.5 Å². The number of rotatable bonds is 6. The zero-order valence-corrected chi connectivity index (χ0v) is 20.7. The molecule has 0 amide bonds. The van der Waals surface area contributed by atoms with Gasteiger partial charge in [0.1, 0.15) is 28.6 Å². The molecule has 5 rings (SSSR count). The van der Waals surface area contributed by atoms with E-state index in [4.69, 9.17) is 30.1 Å². The highest BCUT2D eigenvalue weighted by molar-refractivity contribution is 5.94. The van der Waals surface area contributed by atoms with E-state index in [9.17, 15) is 14.4 Å². The molecule has 0 saturated carbocycles. The number of nitrogens with two attached hydrogens (primary N) is 2. The van der Waals surface area contributed by atoms with Gasteiger partial charge in [0, 0.05) is 23.5 Å². The van der Waals surface area contributed by atoms with E-state index in [0.717, 1.165) is 0 Å². The zero-order valence-electron chi connectivity index (χ0n) is 20.7. The SMILES string of the molecule is COc1ccc2oc(-c3ccc(OC(=O)c4cccc(N)c4)cc3OC(=O)c3cccc(N)c3)cc(=O)c2c1. The Kier molecular flexibility index (Phi) is 6.71. The number of benzene rings is 4. The Morgan fingerprint density at radius 2 is 1.36 bits per heavy atom. The van der Waals surface area contributed by atoms with Crippen LogP contribution in [-0.4, -0.2) is 19.0 Å². The van der Waals surface area contributed by atoms with Crippen molar-refractivity contribution in [3.8, 4) is 28.6 Å². The van der Waals surface area contributed by atoms with Crippen LogP contribution < -0.4 is 31.1 Å². The molecular formula is C30H22N2O7. The van der Waals surface area contributed by atoms with E-state index < -0.39 is 11.9 Å². The minimum Gasteiger partial charge on any atom is -0.497 e. The smallest absolute Gasteiger partial charge is 0.343 e. The van der Waals surface area contributed by atoms with E-state index in [2.05, 4.69) is 0 Å². The number of hydrogen-bond donors (Lipinski definition) is 2. The Morgan fingerprint density at radius 3 is 2.00 bits per heavy atom. The molecular weight excluding hydrogens is 500 g/mol. The van der Waals surface area contributed by atoms with E-state index in [1.54, 1.807) is 54.6 Å². The lowest BCUT2D eigenvalue weighted by Crippen LogP contribution is -2.11. The van der Waals surface area contributed by atoms with Gasteiger partial charge in [-0.3, -0.25) is 4.79 Å². The fourth-order valence-electron chi connectivity index (χ4n) is 3.91. The van der Waals surface area contributed by atoms with Crippen LogP contribution in [0.15, 0.2) is 100 Å². The summed E-state index contributed by atoms with van der Waals surface area (Å²) in [6.07, 6.45) is 0. The lowest BCUT2D eigenvalue weighted by Gasteiger charge is -2.13. The number of methoxy groups -OCH3 is 1. The standard InChI is InChI=1S/C30H22N2O7/c1-36-21-9-11-26-24(14-21)25(33)16-28(38-26)23-10-8-22(37-29(34)17-4-2-6-19(31)12-17)15-27(23)39-30(35)18-5-3-7-20(32)13-18/h2-16H,31-32H2,1H3. The Morgan fingerprint density at radius 1 is 0.718 bits per heavy atom. The first-order chi connectivity index (χ1) is 18.8. The van der Waals surface area contributed by atoms with Crippen molar-refractivity contribution in [3.63, 3.8) is 0 Å². The van der Waals surface area contributed by atoms with Crippen LogP contribution >= 0.6 is 0 Å². The van der Waals surface area contributed by atoms with Crippen LogP contribution in [0.3, 0.4) is 0 Å². The highest BCUT2D eigenvalue weighted by atomic mass is 16.5. The molecule has 194 valence electrons. The second-order valence-corrected chi connectivity index (χ2v) is 8.52. The molecule has 0 unspecified atom stereocenters. The predicted molar refractivity (Wildman–Crippen MR) is 146 cm³/mol. The zero-order chi connectivity index (χ0) is 27.5. The lowest BCUT2D eigenvalue weighted by molar-refractivity contribution is 0.0733. The minimum absolute atomic E-state index is 0.00342. The molecule has 0 aliphatic rings. The number of fused-ring (bicyclic) bond motifs is 1. The second-order valence-electron chi connectivity index (χ2n) is 8.52. The van der Waals surface area contributed by atoms with Crippen molar-refractivity contribution in [1.82, 2.24) is 0 Å². The third kappa shape index (κ3) is 5.42. The topological polar surface area (TPSA) is 144 Å². The molecule has 0 radical (unpaired) electrons. The summed E-state index contributed by atoms with van der Waals surface area (Å²) in [5, 5.41) is 0.323. The Hall–Kier alpha value is -5.57. The van der Waals surface area contributed by atoms with E-state index in [0.29, 0.717) is 28.1 Å². The van der Waals surface area contributed by atoms with Crippen LogP contribution in [0.4, 0.5) is 11.4 Å². The number of carbonyl (C=O) groups is 2. The van der Waals surface area contributed by atoms with Gasteiger partial charge in [-0.2, -0.15) is 0 Å². The van der Waals surface area contributed by atoms with Gasteiger partial charge in [-0.25, -0.2) is 9.59 Å². The molecule has 0 fully saturated rings. The largest absolute Gasteiger partial charge is 0.497 e. The normalized spacial score (nSPS) is 10.7. The highest BCUT2D eigenvalue weighted by Crippen LogP contribution is 2.35. The van der Waals surface area contributed by atoms with Gasteiger partial charge >= 0.3 is 11.9 Å². The number of carbonyl (C=O) groups excluding carboxylic acids is 2. The Balaban J connectivity index is 1.56. The first-order valence-electron chi connectivity index (χ1n) is 11.7. The molecule has 0 aliphatic carbocycles. The molecule has 5 aromatic rings. The van der Waals surface area contributed by atoms with Crippen molar-refractivity contribution >= 4 is 34.3 Å². The molecule has 1 heterocycles. The van der Waals surface area contributed by atoms with Crippen molar-refractivity contribution in [1.29, 1.82) is 0 Å². The van der Waals surface area contributed by atoms with Crippen LogP contribution in [0.2, 0.25) is 0 Å². The Bertz CT molecular complexity index is 1790. The van der Waals surface area contributed by atoms with E-state index in [1.807, 2.05) is 0 Å². The van der Waals surface area contributed by atoms with Gasteiger partial charge < -0.3 is 30.1 Å². The number of anilines is 2. The maximum atomic E-state index is 13.0. The quantitative estimate of drug-likeness (QED) is 0.177. The fraction of sp³-hybridized carbons (Fsp3) is 0.0333. The Labute approximate surface area is 222 Å². The van der Waals surface area contributed by atoms with Gasteiger partial charge in [-0.15, -0.1) is 0 Å². The molecule has 4 N–H and O–H groups in total. The molecule has 1 aromatic heterocycles. The molecule has 4 aromatic carbocycles. The van der Waals surface area contributed by atoms with Crippen LogP contribution in [0.25, 0.3) is 22.3 Å². The summed E-state index contributed by atoms with van der Waals surface area (Å²) in [5.74, 6) is -0.636. The van der Waals surface area contributed by atoms with Crippen molar-refractivity contribution in [2.75, 3.05) is 18.6 Å². The molecule has 39 heavy (non-hydrogen) atoms. The predicted octanol–water partition coefficient (Wildman–Crippen LogP) is 5.07. The van der Waals surface area contributed by atoms with E-state index >= 15 is 0 Å². The summed E-state index contributed by atoms with van der Waals surface area (Å²) < 4.78 is 22.4. The van der Waals surface area contributed by atoms with Crippen LogP contribution in [0.1, 0.15) is 20.7 Å². The highest BCUT2D eigenvalue weighted by Gasteiger charge is 2.19. The molecule has 0 spiro atoms. The van der Waals surface area contributed by atoms with Gasteiger partial charge in [-0.05, 0) is 66.7 Å². The molecule has 0 bridgehead atoms. The number of ether oxygens (including phenoxy) is 3. The minimum atomic E-state index is -0.712. The van der Waals surface area contributed by atoms with Crippen LogP contribution in [-0.2, 0) is 0 Å². The van der Waals surface area contributed by atoms with Gasteiger partial charge in [0.15, 0.2) is 5.43 Å². The van der Waals surface area contributed by atoms with Gasteiger partial charge in [0.2, 0.25) is 0 Å². The molecule has 0 aliphatic heterocycles. The second kappa shape index (κ2) is 10.4. The summed E-state index contributed by atoms with van der Waals surface area (Å²) in [7, 11) is 1.50. The van der Waals surface area contributed by atoms with Gasteiger partial charge in [0.05, 0.1) is 29.2 Å². The van der Waals surface area contributed by atoms with Crippen LogP contribution in [0, 0.1) is 0 Å². The average Bonchev–Trinajstić information content (AvgIpc) is 2.93. The van der Waals surface area contributed by atoms with Crippen molar-refractivity contribution in [3.05, 3.63) is 112 Å². The first-order valence-corrected chi connectivity index (χ1v) is 11.7.